The number of hydrogen-bond acceptors (Lipinski definition) is 4. The van der Waals surface area contributed by atoms with Crippen molar-refractivity contribution < 1.29 is 19.4 Å². The Morgan fingerprint density at radius 2 is 2.23 bits per heavy atom. The lowest BCUT2D eigenvalue weighted by molar-refractivity contribution is 0.0517. The molecular formula is C21H29NO4. The minimum Gasteiger partial charge on any atom is -0.444 e. The standard InChI is InChI=1S/C21H29NO4/c1-21(2,3)26-20(24)22-13-12-19(23)17-8-6-7-16(15-17)10-11-18-9-4-5-14-25-18/h6-8,15,18-19,23H,4-5,9,12-14H2,1-3H3,(H,22,24). The maximum atomic E-state index is 11.6. The molecule has 1 aliphatic heterocycles. The van der Waals surface area contributed by atoms with Gasteiger partial charge in [-0.05, 0) is 64.2 Å². The van der Waals surface area contributed by atoms with Crippen LogP contribution in [0, 0.1) is 11.8 Å². The number of rotatable bonds is 4. The number of carbonyl (C=O) groups is 1. The molecule has 2 N–H and O–H groups in total. The van der Waals surface area contributed by atoms with E-state index in [1.54, 1.807) is 0 Å². The van der Waals surface area contributed by atoms with Gasteiger partial charge in [0, 0.05) is 18.7 Å². The highest BCUT2D eigenvalue weighted by molar-refractivity contribution is 5.67. The van der Waals surface area contributed by atoms with Crippen molar-refractivity contribution in [1.29, 1.82) is 0 Å². The summed E-state index contributed by atoms with van der Waals surface area (Å²) < 4.78 is 10.8. The van der Waals surface area contributed by atoms with E-state index in [4.69, 9.17) is 9.47 Å². The summed E-state index contributed by atoms with van der Waals surface area (Å²) >= 11 is 0. The average Bonchev–Trinajstić information content (AvgIpc) is 2.59. The van der Waals surface area contributed by atoms with Gasteiger partial charge in [0.25, 0.3) is 0 Å². The van der Waals surface area contributed by atoms with Gasteiger partial charge in [-0.25, -0.2) is 4.79 Å². The third kappa shape index (κ3) is 7.47. The molecule has 1 aromatic rings. The van der Waals surface area contributed by atoms with E-state index in [9.17, 15) is 9.90 Å². The quantitative estimate of drug-likeness (QED) is 0.807. The third-order valence-electron chi connectivity index (χ3n) is 3.91. The molecule has 0 spiro atoms. The SMILES string of the molecule is CC(C)(C)OC(=O)NCCC(O)c1cccc(C#CC2CCCCO2)c1. The van der Waals surface area contributed by atoms with E-state index in [2.05, 4.69) is 17.2 Å². The van der Waals surface area contributed by atoms with Gasteiger partial charge in [-0.2, -0.15) is 0 Å². The monoisotopic (exact) mass is 359 g/mol. The van der Waals surface area contributed by atoms with Crippen molar-refractivity contribution in [3.63, 3.8) is 0 Å². The van der Waals surface area contributed by atoms with Crippen LogP contribution in [0.1, 0.15) is 63.7 Å². The van der Waals surface area contributed by atoms with Gasteiger partial charge in [-0.3, -0.25) is 0 Å². The third-order valence-corrected chi connectivity index (χ3v) is 3.91. The van der Waals surface area contributed by atoms with Crippen molar-refractivity contribution in [1.82, 2.24) is 5.32 Å². The molecule has 1 heterocycles. The van der Waals surface area contributed by atoms with Gasteiger partial charge in [0.15, 0.2) is 0 Å². The summed E-state index contributed by atoms with van der Waals surface area (Å²) in [5.41, 5.74) is 1.11. The summed E-state index contributed by atoms with van der Waals surface area (Å²) in [5.74, 6) is 6.29. The molecule has 2 atom stereocenters. The molecule has 1 aromatic carbocycles. The van der Waals surface area contributed by atoms with Crippen LogP contribution in [0.15, 0.2) is 24.3 Å². The molecule has 1 fully saturated rings. The smallest absolute Gasteiger partial charge is 0.407 e. The first-order chi connectivity index (χ1) is 12.3. The normalized spacial score (nSPS) is 18.4. The number of benzene rings is 1. The number of aliphatic hydroxyl groups is 1. The van der Waals surface area contributed by atoms with E-state index >= 15 is 0 Å². The maximum Gasteiger partial charge on any atom is 0.407 e. The van der Waals surface area contributed by atoms with Crippen molar-refractivity contribution in [2.75, 3.05) is 13.2 Å². The molecule has 0 aliphatic carbocycles. The lowest BCUT2D eigenvalue weighted by Crippen LogP contribution is -2.33. The van der Waals surface area contributed by atoms with E-state index in [0.717, 1.165) is 37.0 Å². The Balaban J connectivity index is 1.84. The van der Waals surface area contributed by atoms with Crippen LogP contribution >= 0.6 is 0 Å². The van der Waals surface area contributed by atoms with Crippen LogP contribution in [-0.2, 0) is 9.47 Å². The molecule has 1 saturated heterocycles. The first kappa shape index (κ1) is 20.3. The zero-order valence-corrected chi connectivity index (χ0v) is 15.9. The molecule has 0 radical (unpaired) electrons. The molecule has 1 amide bonds. The van der Waals surface area contributed by atoms with Gasteiger partial charge in [0.2, 0.25) is 0 Å². The molecule has 142 valence electrons. The molecule has 0 saturated carbocycles. The van der Waals surface area contributed by atoms with Crippen molar-refractivity contribution in [2.45, 2.75) is 64.3 Å². The van der Waals surface area contributed by atoms with E-state index in [-0.39, 0.29) is 6.10 Å². The lowest BCUT2D eigenvalue weighted by Gasteiger charge is -2.20. The summed E-state index contributed by atoms with van der Waals surface area (Å²) in [6.07, 6.45) is 2.51. The Kier molecular flexibility index (Phi) is 7.50. The van der Waals surface area contributed by atoms with Crippen LogP contribution in [0.3, 0.4) is 0 Å². The van der Waals surface area contributed by atoms with Crippen LogP contribution in [0.25, 0.3) is 0 Å². The highest BCUT2D eigenvalue weighted by Gasteiger charge is 2.16. The fraction of sp³-hybridized carbons (Fsp3) is 0.571. The minimum absolute atomic E-state index is 0.00959. The number of alkyl carbamates (subject to hydrolysis) is 1. The molecule has 0 bridgehead atoms. The Bertz CT molecular complexity index is 648. The van der Waals surface area contributed by atoms with Gasteiger partial charge in [0.1, 0.15) is 11.7 Å². The lowest BCUT2D eigenvalue weighted by atomic mass is 10.0. The van der Waals surface area contributed by atoms with Crippen LogP contribution in [0.2, 0.25) is 0 Å². The molecule has 5 heteroatoms. The molecule has 1 aliphatic rings. The second-order valence-corrected chi connectivity index (χ2v) is 7.48. The van der Waals surface area contributed by atoms with Crippen LogP contribution < -0.4 is 5.32 Å². The van der Waals surface area contributed by atoms with E-state index in [1.165, 1.54) is 0 Å². The Hall–Kier alpha value is -2.03. The van der Waals surface area contributed by atoms with Gasteiger partial charge >= 0.3 is 6.09 Å². The minimum atomic E-state index is -0.669. The zero-order chi connectivity index (χ0) is 19.0. The van der Waals surface area contributed by atoms with Gasteiger partial charge < -0.3 is 19.9 Å². The van der Waals surface area contributed by atoms with Crippen molar-refractivity contribution >= 4 is 6.09 Å². The van der Waals surface area contributed by atoms with Gasteiger partial charge in [0.05, 0.1) is 6.10 Å². The van der Waals surface area contributed by atoms with Crippen LogP contribution in [0.5, 0.6) is 0 Å². The van der Waals surface area contributed by atoms with Crippen molar-refractivity contribution in [3.8, 4) is 11.8 Å². The maximum absolute atomic E-state index is 11.6. The van der Waals surface area contributed by atoms with Gasteiger partial charge in [-0.1, -0.05) is 24.0 Å². The summed E-state index contributed by atoms with van der Waals surface area (Å²) in [6, 6.07) is 7.55. The fourth-order valence-electron chi connectivity index (χ4n) is 2.63. The molecule has 2 unspecified atom stereocenters. The van der Waals surface area contributed by atoms with Crippen LogP contribution in [-0.4, -0.2) is 36.1 Å². The Morgan fingerprint density at radius 3 is 2.92 bits per heavy atom. The molecule has 26 heavy (non-hydrogen) atoms. The van der Waals surface area contributed by atoms with Crippen molar-refractivity contribution in [3.05, 3.63) is 35.4 Å². The summed E-state index contributed by atoms with van der Waals surface area (Å²) in [7, 11) is 0. The number of ether oxygens (including phenoxy) is 2. The summed E-state index contributed by atoms with van der Waals surface area (Å²) in [4.78, 5) is 11.6. The number of carbonyl (C=O) groups excluding carboxylic acids is 1. The predicted octanol–water partition coefficient (Wildman–Crippen LogP) is 3.56. The first-order valence-electron chi connectivity index (χ1n) is 9.21. The number of hydrogen-bond donors (Lipinski definition) is 2. The Labute approximate surface area is 156 Å². The molecule has 0 aromatic heterocycles. The second kappa shape index (κ2) is 9.61. The molecule has 5 nitrogen and oxygen atoms in total. The topological polar surface area (TPSA) is 67.8 Å². The fourth-order valence-corrected chi connectivity index (χ4v) is 2.63. The van der Waals surface area contributed by atoms with Crippen molar-refractivity contribution in [2.24, 2.45) is 0 Å². The number of nitrogens with one attached hydrogen (secondary N) is 1. The zero-order valence-electron chi connectivity index (χ0n) is 15.9. The largest absolute Gasteiger partial charge is 0.444 e. The highest BCUT2D eigenvalue weighted by atomic mass is 16.6. The van der Waals surface area contributed by atoms with E-state index in [1.807, 2.05) is 45.0 Å². The second-order valence-electron chi connectivity index (χ2n) is 7.48. The van der Waals surface area contributed by atoms with E-state index in [0.29, 0.717) is 13.0 Å². The highest BCUT2D eigenvalue weighted by Crippen LogP contribution is 2.18. The van der Waals surface area contributed by atoms with Gasteiger partial charge in [-0.15, -0.1) is 0 Å². The molecular weight excluding hydrogens is 330 g/mol. The summed E-state index contributed by atoms with van der Waals surface area (Å²) in [5, 5.41) is 13.0. The first-order valence-corrected chi connectivity index (χ1v) is 9.21. The molecule has 2 rings (SSSR count). The van der Waals surface area contributed by atoms with Crippen LogP contribution in [0.4, 0.5) is 4.79 Å². The van der Waals surface area contributed by atoms with E-state index < -0.39 is 17.8 Å². The summed E-state index contributed by atoms with van der Waals surface area (Å²) in [6.45, 7) is 6.55. The average molecular weight is 359 g/mol. The predicted molar refractivity (Wildman–Crippen MR) is 101 cm³/mol. The number of amides is 1. The Morgan fingerprint density at radius 1 is 1.42 bits per heavy atom. The number of aliphatic hydroxyl groups excluding tert-OH is 1.